The first-order chi connectivity index (χ1) is 7.88. The molecule has 0 bridgehead atoms. The molecular weight excluding hydrogens is 220 g/mol. The molecule has 0 spiro atoms. The maximum Gasteiger partial charge on any atom is 0.125 e. The fraction of sp³-hybridized carbons (Fsp3) is 0.0833. The summed E-state index contributed by atoms with van der Waals surface area (Å²) in [7, 11) is 0. The Labute approximate surface area is 96.4 Å². The molecule has 0 unspecified atom stereocenters. The van der Waals surface area contributed by atoms with Crippen LogP contribution in [0.4, 0.5) is 0 Å². The van der Waals surface area contributed by atoms with Crippen LogP contribution in [0.5, 0.6) is 0 Å². The minimum absolute atomic E-state index is 0.00114. The Morgan fingerprint density at radius 1 is 1.31 bits per heavy atom. The molecule has 0 saturated carbocycles. The number of hydrogen-bond donors (Lipinski definition) is 2. The van der Waals surface area contributed by atoms with Crippen LogP contribution in [0.25, 0.3) is 21.5 Å². The molecule has 0 amide bonds. The highest BCUT2D eigenvalue weighted by Gasteiger charge is 2.09. The fourth-order valence-corrected chi connectivity index (χ4v) is 2.59. The molecule has 0 aliphatic rings. The maximum absolute atomic E-state index is 9.00. The van der Waals surface area contributed by atoms with E-state index in [2.05, 4.69) is 16.0 Å². The number of aliphatic hydroxyl groups is 1. The number of thiazole rings is 1. The van der Waals surface area contributed by atoms with Crippen LogP contribution in [0.1, 0.15) is 5.69 Å². The number of fused-ring (bicyclic) bond motifs is 1. The minimum atomic E-state index is -0.00114. The van der Waals surface area contributed by atoms with Crippen LogP contribution in [0.15, 0.2) is 35.8 Å². The highest BCUT2D eigenvalue weighted by atomic mass is 32.1. The lowest BCUT2D eigenvalue weighted by Crippen LogP contribution is -1.81. The van der Waals surface area contributed by atoms with Gasteiger partial charge in [-0.15, -0.1) is 11.3 Å². The van der Waals surface area contributed by atoms with E-state index >= 15 is 0 Å². The highest BCUT2D eigenvalue weighted by Crippen LogP contribution is 2.30. The lowest BCUT2D eigenvalue weighted by atomic mass is 10.2. The van der Waals surface area contributed by atoms with E-state index in [1.165, 1.54) is 5.39 Å². The normalized spacial score (nSPS) is 11.1. The zero-order valence-electron chi connectivity index (χ0n) is 8.47. The Hall–Kier alpha value is -1.65. The number of aromatic amines is 1. The largest absolute Gasteiger partial charge is 0.390 e. The average molecular weight is 230 g/mol. The zero-order valence-corrected chi connectivity index (χ0v) is 9.29. The molecular formula is C12H10N2OS. The molecule has 2 N–H and O–H groups in total. The topological polar surface area (TPSA) is 48.9 Å². The summed E-state index contributed by atoms with van der Waals surface area (Å²) in [6.45, 7) is -0.00114. The van der Waals surface area contributed by atoms with Crippen molar-refractivity contribution in [1.82, 2.24) is 9.97 Å². The Morgan fingerprint density at radius 3 is 3.00 bits per heavy atom. The lowest BCUT2D eigenvalue weighted by molar-refractivity contribution is 0.278. The van der Waals surface area contributed by atoms with Crippen molar-refractivity contribution in [3.8, 4) is 10.6 Å². The predicted molar refractivity (Wildman–Crippen MR) is 65.3 cm³/mol. The van der Waals surface area contributed by atoms with Crippen LogP contribution in [-0.2, 0) is 6.61 Å². The third-order valence-electron chi connectivity index (χ3n) is 2.53. The first kappa shape index (κ1) is 9.57. The van der Waals surface area contributed by atoms with Gasteiger partial charge >= 0.3 is 0 Å². The van der Waals surface area contributed by atoms with E-state index in [-0.39, 0.29) is 6.61 Å². The van der Waals surface area contributed by atoms with Crippen molar-refractivity contribution in [2.75, 3.05) is 0 Å². The molecule has 0 saturated heterocycles. The number of hydrogen-bond acceptors (Lipinski definition) is 3. The second kappa shape index (κ2) is 3.73. The molecule has 80 valence electrons. The number of nitrogens with zero attached hydrogens (tertiary/aromatic N) is 1. The van der Waals surface area contributed by atoms with Crippen molar-refractivity contribution in [2.24, 2.45) is 0 Å². The Morgan fingerprint density at radius 2 is 2.19 bits per heavy atom. The van der Waals surface area contributed by atoms with Gasteiger partial charge in [-0.3, -0.25) is 0 Å². The van der Waals surface area contributed by atoms with E-state index in [1.807, 2.05) is 29.8 Å². The van der Waals surface area contributed by atoms with Crippen LogP contribution in [0, 0.1) is 0 Å². The molecule has 2 heterocycles. The van der Waals surface area contributed by atoms with Gasteiger partial charge in [0.25, 0.3) is 0 Å². The van der Waals surface area contributed by atoms with Gasteiger partial charge in [0.1, 0.15) is 5.01 Å². The van der Waals surface area contributed by atoms with Crippen LogP contribution in [0.2, 0.25) is 0 Å². The van der Waals surface area contributed by atoms with Crippen molar-refractivity contribution in [1.29, 1.82) is 0 Å². The van der Waals surface area contributed by atoms with Crippen LogP contribution in [0.3, 0.4) is 0 Å². The van der Waals surface area contributed by atoms with E-state index in [0.717, 1.165) is 21.8 Å². The summed E-state index contributed by atoms with van der Waals surface area (Å²) in [5, 5.41) is 13.0. The maximum atomic E-state index is 9.00. The molecule has 3 aromatic rings. The summed E-state index contributed by atoms with van der Waals surface area (Å²) in [5.41, 5.74) is 2.93. The second-order valence-electron chi connectivity index (χ2n) is 3.55. The number of para-hydroxylation sites is 1. The molecule has 2 aromatic heterocycles. The number of aromatic nitrogens is 2. The SMILES string of the molecule is OCc1csc(-c2c[nH]c3ccccc23)n1. The van der Waals surface area contributed by atoms with E-state index < -0.39 is 0 Å². The van der Waals surface area contributed by atoms with Gasteiger partial charge in [0.15, 0.2) is 0 Å². The molecule has 1 aromatic carbocycles. The molecule has 16 heavy (non-hydrogen) atoms. The highest BCUT2D eigenvalue weighted by molar-refractivity contribution is 7.13. The fourth-order valence-electron chi connectivity index (χ4n) is 1.75. The summed E-state index contributed by atoms with van der Waals surface area (Å²) in [5.74, 6) is 0. The first-order valence-electron chi connectivity index (χ1n) is 5.00. The predicted octanol–water partition coefficient (Wildman–Crippen LogP) is 2.78. The molecule has 3 nitrogen and oxygen atoms in total. The second-order valence-corrected chi connectivity index (χ2v) is 4.41. The third kappa shape index (κ3) is 1.43. The van der Waals surface area contributed by atoms with Gasteiger partial charge in [-0.05, 0) is 6.07 Å². The van der Waals surface area contributed by atoms with Gasteiger partial charge in [0.2, 0.25) is 0 Å². The number of rotatable bonds is 2. The Kier molecular flexibility index (Phi) is 2.23. The number of benzene rings is 1. The Balaban J connectivity index is 2.18. The van der Waals surface area contributed by atoms with E-state index in [1.54, 1.807) is 11.3 Å². The van der Waals surface area contributed by atoms with E-state index in [9.17, 15) is 0 Å². The summed E-state index contributed by atoms with van der Waals surface area (Å²) in [6, 6.07) is 8.13. The molecule has 0 atom stereocenters. The Bertz CT molecular complexity index is 627. The molecule has 0 aliphatic heterocycles. The summed E-state index contributed by atoms with van der Waals surface area (Å²) in [4.78, 5) is 7.59. The molecule has 0 aliphatic carbocycles. The van der Waals surface area contributed by atoms with Crippen molar-refractivity contribution in [3.05, 3.63) is 41.5 Å². The minimum Gasteiger partial charge on any atom is -0.390 e. The van der Waals surface area contributed by atoms with E-state index in [0.29, 0.717) is 0 Å². The number of H-pyrrole nitrogens is 1. The molecule has 0 radical (unpaired) electrons. The van der Waals surface area contributed by atoms with Crippen molar-refractivity contribution in [3.63, 3.8) is 0 Å². The van der Waals surface area contributed by atoms with Crippen molar-refractivity contribution in [2.45, 2.75) is 6.61 Å². The molecule has 3 rings (SSSR count). The van der Waals surface area contributed by atoms with Crippen LogP contribution < -0.4 is 0 Å². The van der Waals surface area contributed by atoms with Gasteiger partial charge in [-0.1, -0.05) is 18.2 Å². The van der Waals surface area contributed by atoms with Crippen LogP contribution >= 0.6 is 11.3 Å². The molecule has 0 fully saturated rings. The summed E-state index contributed by atoms with van der Waals surface area (Å²) < 4.78 is 0. The number of aliphatic hydroxyl groups excluding tert-OH is 1. The first-order valence-corrected chi connectivity index (χ1v) is 5.88. The third-order valence-corrected chi connectivity index (χ3v) is 3.46. The smallest absolute Gasteiger partial charge is 0.125 e. The summed E-state index contributed by atoms with van der Waals surface area (Å²) in [6.07, 6.45) is 1.96. The zero-order chi connectivity index (χ0) is 11.0. The molecule has 4 heteroatoms. The standard InChI is InChI=1S/C12H10N2OS/c15-6-8-7-16-12(14-8)10-5-13-11-4-2-1-3-9(10)11/h1-5,7,13,15H,6H2. The monoisotopic (exact) mass is 230 g/mol. The van der Waals surface area contributed by atoms with Gasteiger partial charge in [0, 0.05) is 28.0 Å². The lowest BCUT2D eigenvalue weighted by Gasteiger charge is -1.92. The van der Waals surface area contributed by atoms with Gasteiger partial charge in [-0.25, -0.2) is 4.98 Å². The van der Waals surface area contributed by atoms with Gasteiger partial charge in [-0.2, -0.15) is 0 Å². The van der Waals surface area contributed by atoms with Gasteiger partial charge < -0.3 is 10.1 Å². The van der Waals surface area contributed by atoms with Crippen molar-refractivity contribution >= 4 is 22.2 Å². The quantitative estimate of drug-likeness (QED) is 0.711. The van der Waals surface area contributed by atoms with Crippen molar-refractivity contribution < 1.29 is 5.11 Å². The van der Waals surface area contributed by atoms with Crippen LogP contribution in [-0.4, -0.2) is 15.1 Å². The van der Waals surface area contributed by atoms with E-state index in [4.69, 9.17) is 5.11 Å². The average Bonchev–Trinajstić information content (AvgIpc) is 2.94. The summed E-state index contributed by atoms with van der Waals surface area (Å²) >= 11 is 1.56. The van der Waals surface area contributed by atoms with Gasteiger partial charge in [0.05, 0.1) is 12.3 Å². The number of nitrogens with one attached hydrogen (secondary N) is 1.